The minimum Gasteiger partial charge on any atom is -0.454 e. The molecule has 51 heavy (non-hydrogen) atoms. The SMILES string of the molecule is [2H]c1c([2H])c([2H])c(-c2c([2H])c([2H])c([2H])c3oc4c(-n5c6c([2H])c([2H])c([2H])c([2H])c6c6c([2H])c(-c7c([2H])c([2H])c8c(c7[2H])c7c([2H])c([2H])c([2H])c([2H])c7n8-c7c([2H])c([2H])c([2H])c([2H])c7[2H])c([2H])c([2H])c65)c([2H])c([2H])c([2H])c4c23)c([2H])c1[2H]. The lowest BCUT2D eigenvalue weighted by Gasteiger charge is -2.10. The summed E-state index contributed by atoms with van der Waals surface area (Å²) >= 11 is 0. The van der Waals surface area contributed by atoms with Gasteiger partial charge in [0.2, 0.25) is 0 Å². The normalized spacial score (nSPS) is 20.2. The summed E-state index contributed by atoms with van der Waals surface area (Å²) in [7, 11) is 0. The van der Waals surface area contributed by atoms with E-state index in [9.17, 15) is 13.7 Å². The smallest absolute Gasteiger partial charge is 0.159 e. The zero-order chi connectivity index (χ0) is 59.6. The maximum Gasteiger partial charge on any atom is 0.159 e. The van der Waals surface area contributed by atoms with Crippen LogP contribution in [-0.2, 0) is 0 Å². The third-order valence-corrected chi connectivity index (χ3v) is 8.35. The fourth-order valence-corrected chi connectivity index (χ4v) is 6.27. The topological polar surface area (TPSA) is 23.0 Å². The van der Waals surface area contributed by atoms with E-state index in [0.29, 0.717) is 0 Å². The first-order valence-electron chi connectivity index (χ1n) is 30.0. The molecule has 0 unspecified atom stereocenters. The molecule has 0 aliphatic heterocycles. The van der Waals surface area contributed by atoms with Gasteiger partial charge in [-0.15, -0.1) is 0 Å². The number of furan rings is 1. The van der Waals surface area contributed by atoms with Crippen molar-refractivity contribution in [1.29, 1.82) is 0 Å². The van der Waals surface area contributed by atoms with Crippen molar-refractivity contribution in [3.8, 4) is 33.6 Å². The van der Waals surface area contributed by atoms with Crippen molar-refractivity contribution in [2.24, 2.45) is 0 Å². The van der Waals surface area contributed by atoms with E-state index < -0.39 is 280 Å². The van der Waals surface area contributed by atoms with Crippen LogP contribution in [0.25, 0.3) is 99.2 Å². The molecule has 0 amide bonds. The van der Waals surface area contributed by atoms with Gasteiger partial charge in [0.25, 0.3) is 0 Å². The Hall–Kier alpha value is -6.84. The molecule has 0 fully saturated rings. The molecule has 238 valence electrons. The quantitative estimate of drug-likeness (QED) is 0.181. The van der Waals surface area contributed by atoms with Crippen LogP contribution >= 0.6 is 0 Å². The molecule has 11 aromatic rings. The first kappa shape index (κ1) is 11.6. The van der Waals surface area contributed by atoms with Crippen LogP contribution in [0.15, 0.2) is 186 Å². The predicted octanol–water partition coefficient (Wildman–Crippen LogP) is 13.1. The average molecular weight is 681 g/mol. The molecule has 3 heteroatoms. The fraction of sp³-hybridized carbons (Fsp3) is 0. The number of benzene rings is 8. The predicted molar refractivity (Wildman–Crippen MR) is 213 cm³/mol. The molecule has 0 radical (unpaired) electrons. The van der Waals surface area contributed by atoms with Gasteiger partial charge < -0.3 is 13.6 Å². The Balaban J connectivity index is 1.35. The molecule has 3 heterocycles. The molecule has 0 saturated heterocycles. The van der Waals surface area contributed by atoms with Crippen molar-refractivity contribution >= 4 is 65.6 Å². The van der Waals surface area contributed by atoms with Gasteiger partial charge in [-0.25, -0.2) is 0 Å². The largest absolute Gasteiger partial charge is 0.454 e. The van der Waals surface area contributed by atoms with Crippen LogP contribution in [0.5, 0.6) is 0 Å². The summed E-state index contributed by atoms with van der Waals surface area (Å²) in [6.07, 6.45) is 0. The monoisotopic (exact) mass is 680 g/mol. The summed E-state index contributed by atoms with van der Waals surface area (Å²) in [5.41, 5.74) is -8.53. The summed E-state index contributed by atoms with van der Waals surface area (Å²) in [4.78, 5) is 0. The molecule has 0 spiro atoms. The lowest BCUT2D eigenvalue weighted by Crippen LogP contribution is -1.94. The third kappa shape index (κ3) is 4.12. The first-order chi connectivity index (χ1) is 37.8. The number of hydrogen-bond donors (Lipinski definition) is 0. The zero-order valence-electron chi connectivity index (χ0n) is 55.3. The highest BCUT2D eigenvalue weighted by molar-refractivity contribution is 6.17. The number of hydrogen-bond acceptors (Lipinski definition) is 1. The van der Waals surface area contributed by atoms with Crippen LogP contribution < -0.4 is 0 Å². The summed E-state index contributed by atoms with van der Waals surface area (Å²) in [6.45, 7) is 0. The Morgan fingerprint density at radius 2 is 0.941 bits per heavy atom. The Morgan fingerprint density at radius 3 is 1.65 bits per heavy atom. The van der Waals surface area contributed by atoms with Crippen molar-refractivity contribution < 1.29 is 45.5 Å². The van der Waals surface area contributed by atoms with E-state index in [-0.39, 0.29) is 0 Å². The molecule has 0 atom stereocenters. The van der Waals surface area contributed by atoms with Crippen molar-refractivity contribution in [1.82, 2.24) is 9.13 Å². The van der Waals surface area contributed by atoms with Crippen LogP contribution in [0.2, 0.25) is 0 Å². The second kappa shape index (κ2) is 10.8. The molecule has 0 aliphatic carbocycles. The molecule has 0 aliphatic rings. The van der Waals surface area contributed by atoms with Gasteiger partial charge in [-0.05, 0) is 82.7 Å². The summed E-state index contributed by atoms with van der Waals surface area (Å²) in [5.74, 6) is 0. The van der Waals surface area contributed by atoms with Gasteiger partial charge >= 0.3 is 0 Å². The molecule has 11 rings (SSSR count). The van der Waals surface area contributed by atoms with E-state index in [2.05, 4.69) is 0 Å². The van der Waals surface area contributed by atoms with Gasteiger partial charge in [0.1, 0.15) is 5.58 Å². The molecule has 3 aromatic heterocycles. The van der Waals surface area contributed by atoms with Crippen molar-refractivity contribution in [2.45, 2.75) is 0 Å². The van der Waals surface area contributed by atoms with Gasteiger partial charge in [0, 0.05) is 38.0 Å². The van der Waals surface area contributed by atoms with Crippen molar-refractivity contribution in [3.63, 3.8) is 0 Å². The molecule has 0 saturated carbocycles. The number of para-hydroxylation sites is 4. The Labute approximate surface area is 336 Å². The molecular weight excluding hydrogens is 621 g/mol. The minimum absolute atomic E-state index is 0.530. The second-order valence-electron chi connectivity index (χ2n) is 11.0. The summed E-state index contributed by atoms with van der Waals surface area (Å²) in [6, 6.07) is -27.7. The molecule has 3 nitrogen and oxygen atoms in total. The van der Waals surface area contributed by atoms with E-state index in [1.54, 1.807) is 0 Å². The second-order valence-corrected chi connectivity index (χ2v) is 11.0. The number of nitrogens with zero attached hydrogens (tertiary/aromatic N) is 2. The van der Waals surface area contributed by atoms with E-state index in [0.717, 1.165) is 9.13 Å². The highest BCUT2D eigenvalue weighted by Crippen LogP contribution is 2.42. The van der Waals surface area contributed by atoms with Gasteiger partial charge in [-0.2, -0.15) is 0 Å². The Morgan fingerprint density at radius 1 is 0.392 bits per heavy atom. The summed E-state index contributed by atoms with van der Waals surface area (Å²) in [5, 5.41) is -3.58. The van der Waals surface area contributed by atoms with Gasteiger partial charge in [0.15, 0.2) is 5.58 Å². The lowest BCUT2D eigenvalue weighted by molar-refractivity contribution is 0.666. The van der Waals surface area contributed by atoms with Gasteiger partial charge in [0.05, 0.1) is 68.9 Å². The zero-order valence-corrected chi connectivity index (χ0v) is 25.3. The van der Waals surface area contributed by atoms with Crippen LogP contribution in [-0.4, -0.2) is 9.13 Å². The van der Waals surface area contributed by atoms with Crippen LogP contribution in [0.3, 0.4) is 0 Å². The molecule has 0 bridgehead atoms. The molecular formula is C48H30N2O. The van der Waals surface area contributed by atoms with Crippen LogP contribution in [0.4, 0.5) is 0 Å². The maximum absolute atomic E-state index is 9.95. The highest BCUT2D eigenvalue weighted by Gasteiger charge is 2.20. The Bertz CT molecular complexity index is 4820. The van der Waals surface area contributed by atoms with Gasteiger partial charge in [-0.1, -0.05) is 121 Å². The third-order valence-electron chi connectivity index (χ3n) is 8.35. The number of rotatable bonds is 4. The lowest BCUT2D eigenvalue weighted by atomic mass is 9.99. The van der Waals surface area contributed by atoms with E-state index in [4.69, 9.17) is 31.8 Å². The fourth-order valence-electron chi connectivity index (χ4n) is 6.27. The molecule has 0 N–H and O–H groups in total. The number of fused-ring (bicyclic) bond motifs is 9. The van der Waals surface area contributed by atoms with Crippen molar-refractivity contribution in [2.75, 3.05) is 0 Å². The van der Waals surface area contributed by atoms with E-state index >= 15 is 0 Å². The standard InChI is InChI=1S/C48H30N2O/c1-3-13-31(14-4-1)35-19-12-24-46-47(35)38-20-11-23-45(48(38)51-46)50-42-22-10-8-18-37(42)40-30-33(26-28-44(40)50)32-25-27-43-39(29-32)36-17-7-9-21-41(36)49(43)34-15-5-2-6-16-34/h1-30H/i1D,2D,3D,4D,5D,6D,7D,8D,9D,10D,11D,12D,13D,14D,15D,16D,17D,18D,19D,20D,21D,22D,23D,24D,25D,26D,27D,28D,29D,30D. The first-order valence-corrected chi connectivity index (χ1v) is 15.0. The number of aromatic nitrogens is 2. The van der Waals surface area contributed by atoms with Crippen molar-refractivity contribution in [3.05, 3.63) is 181 Å². The minimum atomic E-state index is -1.07. The Kier molecular flexibility index (Phi) is 2.47. The van der Waals surface area contributed by atoms with Crippen LogP contribution in [0, 0.1) is 0 Å². The molecule has 8 aromatic carbocycles. The summed E-state index contributed by atoms with van der Waals surface area (Å²) < 4.78 is 277. The van der Waals surface area contributed by atoms with E-state index in [1.807, 2.05) is 0 Å². The maximum atomic E-state index is 9.95. The van der Waals surface area contributed by atoms with Crippen LogP contribution in [0.1, 0.15) is 41.1 Å². The van der Waals surface area contributed by atoms with Gasteiger partial charge in [-0.3, -0.25) is 0 Å². The average Bonchev–Trinajstić information content (AvgIpc) is 4.35. The highest BCUT2D eigenvalue weighted by atomic mass is 16.3. The van der Waals surface area contributed by atoms with E-state index in [1.165, 1.54) is 0 Å².